The summed E-state index contributed by atoms with van der Waals surface area (Å²) in [6.45, 7) is 0.296. The fourth-order valence-corrected chi connectivity index (χ4v) is 2.82. The molecule has 3 aromatic carbocycles. The molecule has 0 saturated carbocycles. The zero-order valence-corrected chi connectivity index (χ0v) is 17.3. The lowest BCUT2D eigenvalue weighted by atomic mass is 10.2. The molecule has 7 heteroatoms. The minimum Gasteiger partial charge on any atom is -0.497 e. The van der Waals surface area contributed by atoms with Crippen molar-refractivity contribution in [1.29, 1.82) is 0 Å². The van der Waals surface area contributed by atoms with Crippen molar-refractivity contribution >= 4 is 23.7 Å². The Morgan fingerprint density at radius 2 is 1.77 bits per heavy atom. The number of hydrogen-bond donors (Lipinski definition) is 1. The summed E-state index contributed by atoms with van der Waals surface area (Å²) < 4.78 is 16.3. The maximum Gasteiger partial charge on any atom is 0.271 e. The van der Waals surface area contributed by atoms with Gasteiger partial charge in [0.25, 0.3) is 5.91 Å². The number of rotatable bonds is 8. The van der Waals surface area contributed by atoms with Crippen LogP contribution in [0.25, 0.3) is 0 Å². The van der Waals surface area contributed by atoms with Gasteiger partial charge in [-0.3, -0.25) is 4.79 Å². The Bertz CT molecular complexity index is 1040. The number of ether oxygens (including phenoxy) is 3. The van der Waals surface area contributed by atoms with E-state index in [1.165, 1.54) is 6.21 Å². The van der Waals surface area contributed by atoms with Crippen LogP contribution in [0.5, 0.6) is 17.2 Å². The van der Waals surface area contributed by atoms with Crippen molar-refractivity contribution in [2.24, 2.45) is 5.10 Å². The van der Waals surface area contributed by atoms with Gasteiger partial charge < -0.3 is 14.2 Å². The van der Waals surface area contributed by atoms with Gasteiger partial charge >= 0.3 is 0 Å². The second kappa shape index (κ2) is 10.3. The Morgan fingerprint density at radius 3 is 2.47 bits per heavy atom. The predicted octanol–water partition coefficient (Wildman–Crippen LogP) is 4.70. The lowest BCUT2D eigenvalue weighted by Gasteiger charge is -2.12. The van der Waals surface area contributed by atoms with Crippen LogP contribution in [-0.2, 0) is 6.61 Å². The number of hydrogen-bond acceptors (Lipinski definition) is 5. The van der Waals surface area contributed by atoms with Crippen LogP contribution in [0.4, 0.5) is 0 Å². The highest BCUT2D eigenvalue weighted by Crippen LogP contribution is 2.29. The van der Waals surface area contributed by atoms with Gasteiger partial charge in [-0.05, 0) is 54.1 Å². The molecule has 0 aliphatic carbocycles. The van der Waals surface area contributed by atoms with Crippen LogP contribution in [0.1, 0.15) is 21.5 Å². The minimum atomic E-state index is -0.322. The first kappa shape index (κ1) is 21.2. The maximum absolute atomic E-state index is 12.2. The molecule has 0 fully saturated rings. The first-order valence-electron chi connectivity index (χ1n) is 9.12. The van der Waals surface area contributed by atoms with E-state index in [-0.39, 0.29) is 5.91 Å². The van der Waals surface area contributed by atoms with E-state index in [2.05, 4.69) is 10.5 Å². The van der Waals surface area contributed by atoms with Gasteiger partial charge in [0.05, 0.1) is 20.4 Å². The van der Waals surface area contributed by atoms with Crippen LogP contribution in [0.15, 0.2) is 71.8 Å². The molecule has 0 spiro atoms. The van der Waals surface area contributed by atoms with Gasteiger partial charge in [-0.25, -0.2) is 5.43 Å². The fourth-order valence-electron chi connectivity index (χ4n) is 2.63. The molecular formula is C23H21ClN2O4. The SMILES string of the molecule is COc1ccc(C(=O)N/N=C\c2ccc(OC)c(OCc3ccccc3Cl)c2)cc1. The average molecular weight is 425 g/mol. The number of methoxy groups -OCH3 is 2. The average Bonchev–Trinajstić information content (AvgIpc) is 2.78. The molecule has 0 unspecified atom stereocenters. The Balaban J connectivity index is 1.66. The quantitative estimate of drug-likeness (QED) is 0.420. The van der Waals surface area contributed by atoms with Crippen LogP contribution in [0, 0.1) is 0 Å². The molecule has 3 rings (SSSR count). The van der Waals surface area contributed by atoms with E-state index in [4.69, 9.17) is 25.8 Å². The standard InChI is InChI=1S/C23H21ClN2O4/c1-28-19-10-8-17(9-11-19)23(27)26-25-14-16-7-12-21(29-2)22(13-16)30-15-18-5-3-4-6-20(18)24/h3-14H,15H2,1-2H3,(H,26,27)/b25-14-. The normalized spacial score (nSPS) is 10.6. The van der Waals surface area contributed by atoms with E-state index in [0.717, 1.165) is 11.1 Å². The Morgan fingerprint density at radius 1 is 1.00 bits per heavy atom. The van der Waals surface area contributed by atoms with Crippen molar-refractivity contribution in [3.63, 3.8) is 0 Å². The van der Waals surface area contributed by atoms with E-state index in [9.17, 15) is 4.79 Å². The van der Waals surface area contributed by atoms with E-state index in [0.29, 0.717) is 34.4 Å². The van der Waals surface area contributed by atoms with Crippen LogP contribution in [0.3, 0.4) is 0 Å². The topological polar surface area (TPSA) is 69.2 Å². The van der Waals surface area contributed by atoms with Gasteiger partial charge in [0, 0.05) is 16.1 Å². The Hall–Kier alpha value is -3.51. The van der Waals surface area contributed by atoms with Crippen molar-refractivity contribution in [2.75, 3.05) is 14.2 Å². The van der Waals surface area contributed by atoms with E-state index < -0.39 is 0 Å². The van der Waals surface area contributed by atoms with Gasteiger partial charge in [0.1, 0.15) is 12.4 Å². The van der Waals surface area contributed by atoms with Gasteiger partial charge in [-0.1, -0.05) is 29.8 Å². The Labute approximate surface area is 180 Å². The highest BCUT2D eigenvalue weighted by Gasteiger charge is 2.08. The van der Waals surface area contributed by atoms with Gasteiger partial charge in [0.15, 0.2) is 11.5 Å². The summed E-state index contributed by atoms with van der Waals surface area (Å²) in [5.74, 6) is 1.49. The fraction of sp³-hybridized carbons (Fsp3) is 0.130. The third-order valence-electron chi connectivity index (χ3n) is 4.26. The number of amides is 1. The summed E-state index contributed by atoms with van der Waals surface area (Å²) in [6.07, 6.45) is 1.53. The molecule has 1 N–H and O–H groups in total. The van der Waals surface area contributed by atoms with E-state index in [1.807, 2.05) is 30.3 Å². The second-order valence-corrected chi connectivity index (χ2v) is 6.63. The molecule has 154 valence electrons. The molecule has 0 saturated heterocycles. The van der Waals surface area contributed by atoms with Crippen LogP contribution in [-0.4, -0.2) is 26.3 Å². The monoisotopic (exact) mass is 424 g/mol. The third kappa shape index (κ3) is 5.52. The van der Waals surface area contributed by atoms with Crippen molar-refractivity contribution in [1.82, 2.24) is 5.43 Å². The molecule has 0 bridgehead atoms. The molecule has 0 atom stereocenters. The maximum atomic E-state index is 12.2. The first-order valence-corrected chi connectivity index (χ1v) is 9.50. The van der Waals surface area contributed by atoms with Gasteiger partial charge in [-0.2, -0.15) is 5.10 Å². The van der Waals surface area contributed by atoms with Crippen LogP contribution >= 0.6 is 11.6 Å². The minimum absolute atomic E-state index is 0.296. The van der Waals surface area contributed by atoms with Crippen LogP contribution < -0.4 is 19.6 Å². The second-order valence-electron chi connectivity index (χ2n) is 6.22. The van der Waals surface area contributed by atoms with Gasteiger partial charge in [0.2, 0.25) is 0 Å². The summed E-state index contributed by atoms with van der Waals surface area (Å²) >= 11 is 6.18. The smallest absolute Gasteiger partial charge is 0.271 e. The summed E-state index contributed by atoms with van der Waals surface area (Å²) in [6, 6.07) is 19.6. The molecule has 0 heterocycles. The zero-order valence-electron chi connectivity index (χ0n) is 16.6. The Kier molecular flexibility index (Phi) is 7.29. The summed E-state index contributed by atoms with van der Waals surface area (Å²) in [7, 11) is 3.14. The van der Waals surface area contributed by atoms with Crippen molar-refractivity contribution in [2.45, 2.75) is 6.61 Å². The molecule has 3 aromatic rings. The molecular weight excluding hydrogens is 404 g/mol. The molecule has 0 radical (unpaired) electrons. The number of carbonyl (C=O) groups excluding carboxylic acids is 1. The highest BCUT2D eigenvalue weighted by molar-refractivity contribution is 6.31. The third-order valence-corrected chi connectivity index (χ3v) is 4.63. The lowest BCUT2D eigenvalue weighted by Crippen LogP contribution is -2.17. The van der Waals surface area contributed by atoms with Crippen LogP contribution in [0.2, 0.25) is 5.02 Å². The number of halogens is 1. The largest absolute Gasteiger partial charge is 0.497 e. The number of nitrogens with one attached hydrogen (secondary N) is 1. The zero-order chi connectivity index (χ0) is 21.3. The molecule has 1 amide bonds. The first-order chi connectivity index (χ1) is 14.6. The van der Waals surface area contributed by atoms with Gasteiger partial charge in [-0.15, -0.1) is 0 Å². The summed E-state index contributed by atoms with van der Waals surface area (Å²) in [5, 5.41) is 4.65. The number of nitrogens with zero attached hydrogens (tertiary/aromatic N) is 1. The highest BCUT2D eigenvalue weighted by atomic mass is 35.5. The number of carbonyl (C=O) groups is 1. The molecule has 6 nitrogen and oxygen atoms in total. The molecule has 30 heavy (non-hydrogen) atoms. The van der Waals surface area contributed by atoms with Crippen molar-refractivity contribution in [3.05, 3.63) is 88.4 Å². The molecule has 0 aliphatic rings. The summed E-state index contributed by atoms with van der Waals surface area (Å²) in [5.41, 5.74) is 4.58. The number of hydrazone groups is 1. The van der Waals surface area contributed by atoms with Crippen molar-refractivity contribution < 1.29 is 19.0 Å². The lowest BCUT2D eigenvalue weighted by molar-refractivity contribution is 0.0955. The molecule has 0 aliphatic heterocycles. The van der Waals surface area contributed by atoms with E-state index >= 15 is 0 Å². The predicted molar refractivity (Wildman–Crippen MR) is 117 cm³/mol. The number of benzene rings is 3. The summed E-state index contributed by atoms with van der Waals surface area (Å²) in [4.78, 5) is 12.2. The molecule has 0 aromatic heterocycles. The van der Waals surface area contributed by atoms with Crippen molar-refractivity contribution in [3.8, 4) is 17.2 Å². The van der Waals surface area contributed by atoms with E-state index in [1.54, 1.807) is 50.6 Å².